The van der Waals surface area contributed by atoms with Crippen molar-refractivity contribution in [2.24, 2.45) is 0 Å². The van der Waals surface area contributed by atoms with Gasteiger partial charge >= 0.3 is 12.4 Å². The van der Waals surface area contributed by atoms with E-state index in [1.165, 1.54) is 24.3 Å². The van der Waals surface area contributed by atoms with Crippen LogP contribution >= 0.6 is 0 Å². The molecule has 0 saturated heterocycles. The molecule has 0 unspecified atom stereocenters. The molecular formula is C20H12F6. The molecule has 0 amide bonds. The molecule has 0 aliphatic rings. The van der Waals surface area contributed by atoms with E-state index in [0.29, 0.717) is 5.56 Å². The van der Waals surface area contributed by atoms with E-state index in [-0.39, 0.29) is 16.7 Å². The second kappa shape index (κ2) is 6.52. The summed E-state index contributed by atoms with van der Waals surface area (Å²) in [7, 11) is 0. The van der Waals surface area contributed by atoms with Crippen LogP contribution in [0.4, 0.5) is 26.3 Å². The largest absolute Gasteiger partial charge is 0.417 e. The minimum Gasteiger partial charge on any atom is -0.166 e. The maximum Gasteiger partial charge on any atom is 0.417 e. The summed E-state index contributed by atoms with van der Waals surface area (Å²) in [5.41, 5.74) is -1.29. The first-order valence-corrected chi connectivity index (χ1v) is 7.60. The van der Waals surface area contributed by atoms with Gasteiger partial charge in [-0.2, -0.15) is 26.3 Å². The second-order valence-corrected chi connectivity index (χ2v) is 5.70. The molecule has 0 atom stereocenters. The zero-order chi connectivity index (χ0) is 18.9. The lowest BCUT2D eigenvalue weighted by Gasteiger charge is -2.16. The van der Waals surface area contributed by atoms with Gasteiger partial charge in [0, 0.05) is 0 Å². The first-order chi connectivity index (χ1) is 12.2. The van der Waals surface area contributed by atoms with E-state index in [2.05, 4.69) is 0 Å². The molecule has 3 aromatic carbocycles. The number of rotatable bonds is 2. The average Bonchev–Trinajstić information content (AvgIpc) is 2.61. The number of halogens is 6. The van der Waals surface area contributed by atoms with Crippen molar-refractivity contribution in [3.8, 4) is 22.3 Å². The summed E-state index contributed by atoms with van der Waals surface area (Å²) < 4.78 is 79.1. The highest BCUT2D eigenvalue weighted by molar-refractivity contribution is 5.74. The predicted molar refractivity (Wildman–Crippen MR) is 87.3 cm³/mol. The molecule has 3 aromatic rings. The number of hydrogen-bond acceptors (Lipinski definition) is 0. The quantitative estimate of drug-likeness (QED) is 0.426. The molecular weight excluding hydrogens is 354 g/mol. The summed E-state index contributed by atoms with van der Waals surface area (Å²) in [5.74, 6) is 0. The molecule has 0 fully saturated rings. The van der Waals surface area contributed by atoms with Crippen molar-refractivity contribution in [1.82, 2.24) is 0 Å². The van der Waals surface area contributed by atoms with Crippen LogP contribution in [0.5, 0.6) is 0 Å². The fourth-order valence-corrected chi connectivity index (χ4v) is 2.70. The minimum atomic E-state index is -4.64. The van der Waals surface area contributed by atoms with Crippen molar-refractivity contribution in [2.45, 2.75) is 12.4 Å². The Bertz CT molecular complexity index is 908. The molecule has 0 aliphatic carbocycles. The standard InChI is InChI=1S/C20H12F6/c21-19(22,23)16-8-4-7-14(11-16)15-9-10-17(13-5-2-1-3-6-13)18(12-15)20(24,25)26/h1-12H. The Labute approximate surface area is 145 Å². The summed E-state index contributed by atoms with van der Waals surface area (Å²) in [6, 6.07) is 15.9. The van der Waals surface area contributed by atoms with Gasteiger partial charge < -0.3 is 0 Å². The summed E-state index contributed by atoms with van der Waals surface area (Å²) in [6.45, 7) is 0. The van der Waals surface area contributed by atoms with E-state index < -0.39 is 23.5 Å². The van der Waals surface area contributed by atoms with Crippen molar-refractivity contribution in [3.63, 3.8) is 0 Å². The Morgan fingerprint density at radius 3 is 1.73 bits per heavy atom. The Kier molecular flexibility index (Phi) is 4.52. The monoisotopic (exact) mass is 366 g/mol. The molecule has 0 bridgehead atoms. The normalized spacial score (nSPS) is 12.2. The van der Waals surface area contributed by atoms with Crippen LogP contribution in [0.2, 0.25) is 0 Å². The number of alkyl halides is 6. The van der Waals surface area contributed by atoms with Crippen molar-refractivity contribution in [2.75, 3.05) is 0 Å². The topological polar surface area (TPSA) is 0 Å². The van der Waals surface area contributed by atoms with Crippen LogP contribution in [-0.2, 0) is 12.4 Å². The van der Waals surface area contributed by atoms with Gasteiger partial charge in [0.15, 0.2) is 0 Å². The lowest BCUT2D eigenvalue weighted by atomic mass is 9.94. The highest BCUT2D eigenvalue weighted by Crippen LogP contribution is 2.40. The molecule has 6 heteroatoms. The fourth-order valence-electron chi connectivity index (χ4n) is 2.70. The number of benzene rings is 3. The van der Waals surface area contributed by atoms with Crippen molar-refractivity contribution in [1.29, 1.82) is 0 Å². The molecule has 26 heavy (non-hydrogen) atoms. The molecule has 0 N–H and O–H groups in total. The molecule has 0 radical (unpaired) electrons. The van der Waals surface area contributed by atoms with Gasteiger partial charge in [-0.1, -0.05) is 54.6 Å². The van der Waals surface area contributed by atoms with Crippen LogP contribution in [0.25, 0.3) is 22.3 Å². The smallest absolute Gasteiger partial charge is 0.166 e. The molecule has 0 nitrogen and oxygen atoms in total. The van der Waals surface area contributed by atoms with Gasteiger partial charge in [0.05, 0.1) is 11.1 Å². The van der Waals surface area contributed by atoms with Gasteiger partial charge in [0.1, 0.15) is 0 Å². The Hall–Kier alpha value is -2.76. The first kappa shape index (κ1) is 18.0. The minimum absolute atomic E-state index is 0.0196. The third kappa shape index (κ3) is 3.74. The summed E-state index contributed by atoms with van der Waals surface area (Å²) in [6.07, 6.45) is -9.20. The van der Waals surface area contributed by atoms with E-state index in [4.69, 9.17) is 0 Å². The van der Waals surface area contributed by atoms with Crippen LogP contribution in [0.15, 0.2) is 72.8 Å². The summed E-state index contributed by atoms with van der Waals surface area (Å²) >= 11 is 0. The van der Waals surface area contributed by atoms with Gasteiger partial charge in [0.25, 0.3) is 0 Å². The maximum atomic E-state index is 13.5. The molecule has 3 rings (SSSR count). The van der Waals surface area contributed by atoms with Crippen molar-refractivity contribution >= 4 is 0 Å². The third-order valence-electron chi connectivity index (χ3n) is 3.93. The highest BCUT2D eigenvalue weighted by Gasteiger charge is 2.34. The van der Waals surface area contributed by atoms with Crippen LogP contribution < -0.4 is 0 Å². The van der Waals surface area contributed by atoms with Crippen molar-refractivity contribution in [3.05, 3.63) is 83.9 Å². The van der Waals surface area contributed by atoms with Gasteiger partial charge in [0.2, 0.25) is 0 Å². The highest BCUT2D eigenvalue weighted by atomic mass is 19.4. The van der Waals surface area contributed by atoms with E-state index in [0.717, 1.165) is 18.2 Å². The molecule has 0 aromatic heterocycles. The van der Waals surface area contributed by atoms with E-state index >= 15 is 0 Å². The van der Waals surface area contributed by atoms with Crippen LogP contribution in [0, 0.1) is 0 Å². The Morgan fingerprint density at radius 1 is 0.500 bits per heavy atom. The zero-order valence-corrected chi connectivity index (χ0v) is 13.2. The molecule has 0 saturated carbocycles. The molecule has 0 aliphatic heterocycles. The maximum absolute atomic E-state index is 13.5. The SMILES string of the molecule is FC(F)(F)c1cccc(-c2ccc(-c3ccccc3)c(C(F)(F)F)c2)c1. The zero-order valence-electron chi connectivity index (χ0n) is 13.2. The lowest BCUT2D eigenvalue weighted by molar-refractivity contribution is -0.138. The Morgan fingerprint density at radius 2 is 1.12 bits per heavy atom. The molecule has 0 heterocycles. The van der Waals surface area contributed by atoms with Crippen molar-refractivity contribution < 1.29 is 26.3 Å². The summed E-state index contributed by atoms with van der Waals surface area (Å²) in [5, 5.41) is 0. The molecule has 0 spiro atoms. The first-order valence-electron chi connectivity index (χ1n) is 7.60. The third-order valence-corrected chi connectivity index (χ3v) is 3.93. The van der Waals surface area contributed by atoms with Crippen LogP contribution in [-0.4, -0.2) is 0 Å². The lowest BCUT2D eigenvalue weighted by Crippen LogP contribution is -2.08. The second-order valence-electron chi connectivity index (χ2n) is 5.70. The number of hydrogen-bond donors (Lipinski definition) is 0. The van der Waals surface area contributed by atoms with E-state index in [1.807, 2.05) is 0 Å². The van der Waals surface area contributed by atoms with Gasteiger partial charge in [-0.25, -0.2) is 0 Å². The summed E-state index contributed by atoms with van der Waals surface area (Å²) in [4.78, 5) is 0. The van der Waals surface area contributed by atoms with Crippen LogP contribution in [0.1, 0.15) is 11.1 Å². The average molecular weight is 366 g/mol. The van der Waals surface area contributed by atoms with Crippen LogP contribution in [0.3, 0.4) is 0 Å². The fraction of sp³-hybridized carbons (Fsp3) is 0.100. The molecule has 134 valence electrons. The predicted octanol–water partition coefficient (Wildman–Crippen LogP) is 7.06. The van der Waals surface area contributed by atoms with E-state index in [9.17, 15) is 26.3 Å². The van der Waals surface area contributed by atoms with Gasteiger partial charge in [-0.15, -0.1) is 0 Å². The Balaban J connectivity index is 2.14. The van der Waals surface area contributed by atoms with E-state index in [1.54, 1.807) is 30.3 Å². The van der Waals surface area contributed by atoms with Gasteiger partial charge in [-0.05, 0) is 40.5 Å². The van der Waals surface area contributed by atoms with Gasteiger partial charge in [-0.3, -0.25) is 0 Å².